The van der Waals surface area contributed by atoms with Crippen molar-refractivity contribution in [3.8, 4) is 0 Å². The van der Waals surface area contributed by atoms with Crippen molar-refractivity contribution < 1.29 is 22.7 Å². The number of thiazole rings is 1. The van der Waals surface area contributed by atoms with Gasteiger partial charge in [0.05, 0.1) is 6.61 Å². The molecule has 0 aromatic carbocycles. The predicted molar refractivity (Wildman–Crippen MR) is 72.4 cm³/mol. The minimum absolute atomic E-state index is 0.0227. The van der Waals surface area contributed by atoms with Gasteiger partial charge in [-0.1, -0.05) is 11.3 Å². The minimum Gasteiger partial charge on any atom is -0.383 e. The SMILES string of the molecule is COCCNc1nc(N)c(C(=O)NC2(C(F)(F)F)CC2)s1. The molecule has 0 bridgehead atoms. The van der Waals surface area contributed by atoms with E-state index in [1.807, 2.05) is 5.32 Å². The van der Waals surface area contributed by atoms with Crippen LogP contribution in [-0.4, -0.2) is 42.9 Å². The lowest BCUT2D eigenvalue weighted by Crippen LogP contribution is -2.47. The average molecular weight is 324 g/mol. The summed E-state index contributed by atoms with van der Waals surface area (Å²) in [5.74, 6) is -0.935. The number of carbonyl (C=O) groups is 1. The first-order valence-electron chi connectivity index (χ1n) is 6.17. The lowest BCUT2D eigenvalue weighted by molar-refractivity contribution is -0.163. The number of aromatic nitrogens is 1. The highest BCUT2D eigenvalue weighted by atomic mass is 32.1. The molecule has 1 aromatic rings. The Kier molecular flexibility index (Phi) is 4.28. The van der Waals surface area contributed by atoms with Gasteiger partial charge in [0.25, 0.3) is 5.91 Å². The molecule has 21 heavy (non-hydrogen) atoms. The standard InChI is InChI=1S/C11H15F3N4O2S/c1-20-5-4-16-9-17-7(15)6(21-9)8(19)18-10(2-3-10)11(12,13)14/h2-5,15H2,1H3,(H,16,17)(H,18,19). The van der Waals surface area contributed by atoms with E-state index in [1.165, 1.54) is 7.11 Å². The lowest BCUT2D eigenvalue weighted by Gasteiger charge is -2.20. The van der Waals surface area contributed by atoms with Gasteiger partial charge in [-0.2, -0.15) is 13.2 Å². The van der Waals surface area contributed by atoms with Crippen LogP contribution in [0.2, 0.25) is 0 Å². The maximum atomic E-state index is 12.8. The number of nitrogens with two attached hydrogens (primary N) is 1. The number of amides is 1. The van der Waals surface area contributed by atoms with Crippen LogP contribution in [0.1, 0.15) is 22.5 Å². The lowest BCUT2D eigenvalue weighted by atomic mass is 10.2. The highest BCUT2D eigenvalue weighted by Gasteiger charge is 2.64. The zero-order chi connectivity index (χ0) is 15.7. The predicted octanol–water partition coefficient (Wildman–Crippen LogP) is 1.61. The Hall–Kier alpha value is -1.55. The number of hydrogen-bond donors (Lipinski definition) is 3. The molecule has 1 saturated carbocycles. The highest BCUT2D eigenvalue weighted by Crippen LogP contribution is 2.49. The third kappa shape index (κ3) is 3.38. The topological polar surface area (TPSA) is 89.3 Å². The van der Waals surface area contributed by atoms with Gasteiger partial charge in [-0.3, -0.25) is 4.79 Å². The summed E-state index contributed by atoms with van der Waals surface area (Å²) < 4.78 is 43.2. The fraction of sp³-hybridized carbons (Fsp3) is 0.636. The second-order valence-electron chi connectivity index (χ2n) is 4.69. The summed E-state index contributed by atoms with van der Waals surface area (Å²) >= 11 is 0.915. The van der Waals surface area contributed by atoms with Crippen LogP contribution in [-0.2, 0) is 4.74 Å². The first-order valence-corrected chi connectivity index (χ1v) is 6.99. The third-order valence-corrected chi connectivity index (χ3v) is 4.12. The van der Waals surface area contributed by atoms with E-state index in [2.05, 4.69) is 10.3 Å². The Morgan fingerprint density at radius 1 is 1.52 bits per heavy atom. The van der Waals surface area contributed by atoms with Crippen molar-refractivity contribution in [3.63, 3.8) is 0 Å². The van der Waals surface area contributed by atoms with E-state index in [0.29, 0.717) is 18.3 Å². The number of halogens is 3. The van der Waals surface area contributed by atoms with E-state index in [9.17, 15) is 18.0 Å². The largest absolute Gasteiger partial charge is 0.411 e. The normalized spacial score (nSPS) is 16.6. The smallest absolute Gasteiger partial charge is 0.383 e. The summed E-state index contributed by atoms with van der Waals surface area (Å²) in [6.45, 7) is 0.884. The number of anilines is 2. The number of rotatable bonds is 6. The molecule has 0 spiro atoms. The summed E-state index contributed by atoms with van der Waals surface area (Å²) in [5, 5.41) is 5.26. The van der Waals surface area contributed by atoms with Crippen molar-refractivity contribution >= 4 is 28.2 Å². The highest BCUT2D eigenvalue weighted by molar-refractivity contribution is 7.18. The first-order chi connectivity index (χ1) is 9.79. The van der Waals surface area contributed by atoms with Crippen molar-refractivity contribution in [1.29, 1.82) is 0 Å². The van der Waals surface area contributed by atoms with Gasteiger partial charge in [-0.05, 0) is 12.8 Å². The van der Waals surface area contributed by atoms with Gasteiger partial charge in [0.15, 0.2) is 5.13 Å². The van der Waals surface area contributed by atoms with Crippen molar-refractivity contribution in [2.24, 2.45) is 0 Å². The Labute approximate surface area is 122 Å². The molecule has 1 aliphatic carbocycles. The summed E-state index contributed by atoms with van der Waals surface area (Å²) in [5.41, 5.74) is 3.47. The number of carbonyl (C=O) groups excluding carboxylic acids is 1. The molecule has 0 aliphatic heterocycles. The van der Waals surface area contributed by atoms with Crippen LogP contribution in [0.3, 0.4) is 0 Å². The summed E-state index contributed by atoms with van der Waals surface area (Å²) in [4.78, 5) is 15.8. The molecular formula is C11H15F3N4O2S. The summed E-state index contributed by atoms with van der Waals surface area (Å²) in [7, 11) is 1.53. The Balaban J connectivity index is 2.03. The van der Waals surface area contributed by atoms with Gasteiger partial charge in [0.2, 0.25) is 0 Å². The second kappa shape index (κ2) is 5.68. The van der Waals surface area contributed by atoms with Crippen LogP contribution in [0.5, 0.6) is 0 Å². The Morgan fingerprint density at radius 3 is 2.71 bits per heavy atom. The summed E-state index contributed by atoms with van der Waals surface area (Å²) in [6, 6.07) is 0. The van der Waals surface area contributed by atoms with Gasteiger partial charge in [-0.15, -0.1) is 0 Å². The molecule has 0 unspecified atom stereocenters. The second-order valence-corrected chi connectivity index (χ2v) is 5.69. The van der Waals surface area contributed by atoms with Crippen LogP contribution in [0, 0.1) is 0 Å². The van der Waals surface area contributed by atoms with E-state index in [0.717, 1.165) is 11.3 Å². The van der Waals surface area contributed by atoms with Gasteiger partial charge < -0.3 is 21.1 Å². The van der Waals surface area contributed by atoms with Gasteiger partial charge in [0, 0.05) is 13.7 Å². The monoisotopic (exact) mass is 324 g/mol. The molecule has 1 fully saturated rings. The van der Waals surface area contributed by atoms with Gasteiger partial charge in [0.1, 0.15) is 16.2 Å². The molecule has 6 nitrogen and oxygen atoms in total. The van der Waals surface area contributed by atoms with Gasteiger partial charge in [-0.25, -0.2) is 4.98 Å². The summed E-state index contributed by atoms with van der Waals surface area (Å²) in [6.07, 6.45) is -4.68. The molecule has 1 heterocycles. The van der Waals surface area contributed by atoms with E-state index < -0.39 is 17.6 Å². The van der Waals surface area contributed by atoms with Crippen LogP contribution in [0.15, 0.2) is 0 Å². The average Bonchev–Trinajstić information content (AvgIpc) is 3.07. The van der Waals surface area contributed by atoms with E-state index in [4.69, 9.17) is 10.5 Å². The maximum Gasteiger partial charge on any atom is 0.411 e. The molecular weight excluding hydrogens is 309 g/mol. The molecule has 0 saturated heterocycles. The van der Waals surface area contributed by atoms with Crippen molar-refractivity contribution in [3.05, 3.63) is 4.88 Å². The number of methoxy groups -OCH3 is 1. The Bertz CT molecular complexity index is 528. The number of nitrogens with one attached hydrogen (secondary N) is 2. The zero-order valence-corrected chi connectivity index (χ0v) is 12.0. The van der Waals surface area contributed by atoms with Crippen LogP contribution >= 0.6 is 11.3 Å². The molecule has 2 rings (SSSR count). The quantitative estimate of drug-likeness (QED) is 0.692. The minimum atomic E-state index is -4.46. The first kappa shape index (κ1) is 15.8. The van der Waals surface area contributed by atoms with Crippen molar-refractivity contribution in [2.75, 3.05) is 31.3 Å². The number of nitrogens with zero attached hydrogens (tertiary/aromatic N) is 1. The van der Waals surface area contributed by atoms with Crippen LogP contribution in [0.25, 0.3) is 0 Å². The molecule has 4 N–H and O–H groups in total. The molecule has 0 atom stereocenters. The van der Waals surface area contributed by atoms with Crippen molar-refractivity contribution in [2.45, 2.75) is 24.6 Å². The number of ether oxygens (including phenoxy) is 1. The molecule has 1 amide bonds. The molecule has 1 aliphatic rings. The maximum absolute atomic E-state index is 12.8. The fourth-order valence-corrected chi connectivity index (χ4v) is 2.51. The Morgan fingerprint density at radius 2 is 2.19 bits per heavy atom. The number of alkyl halides is 3. The molecule has 1 aromatic heterocycles. The molecule has 10 heteroatoms. The van der Waals surface area contributed by atoms with E-state index >= 15 is 0 Å². The zero-order valence-electron chi connectivity index (χ0n) is 11.2. The van der Waals surface area contributed by atoms with E-state index in [-0.39, 0.29) is 23.5 Å². The molecule has 0 radical (unpaired) electrons. The number of hydrogen-bond acceptors (Lipinski definition) is 6. The van der Waals surface area contributed by atoms with Gasteiger partial charge >= 0.3 is 6.18 Å². The fourth-order valence-electron chi connectivity index (χ4n) is 1.71. The van der Waals surface area contributed by atoms with Crippen LogP contribution < -0.4 is 16.4 Å². The van der Waals surface area contributed by atoms with E-state index in [1.54, 1.807) is 0 Å². The third-order valence-electron chi connectivity index (χ3n) is 3.09. The number of nitrogen functional groups attached to an aromatic ring is 1. The molecule has 118 valence electrons. The van der Waals surface area contributed by atoms with Crippen molar-refractivity contribution in [1.82, 2.24) is 10.3 Å². The van der Waals surface area contributed by atoms with Crippen LogP contribution in [0.4, 0.5) is 24.1 Å².